The number of methoxy groups -OCH3 is 1. The molecule has 0 fully saturated rings. The zero-order valence-electron chi connectivity index (χ0n) is 13.2. The average Bonchev–Trinajstić information content (AvgIpc) is 2.55. The highest BCUT2D eigenvalue weighted by Gasteiger charge is 2.10. The Morgan fingerprint density at radius 2 is 1.96 bits per heavy atom. The van der Waals surface area contributed by atoms with Gasteiger partial charge in [0.05, 0.1) is 6.61 Å². The van der Waals surface area contributed by atoms with Crippen molar-refractivity contribution >= 4 is 5.91 Å². The van der Waals surface area contributed by atoms with Crippen molar-refractivity contribution < 1.29 is 18.7 Å². The molecule has 2 aromatic carbocycles. The van der Waals surface area contributed by atoms with Crippen LogP contribution in [0.5, 0.6) is 5.75 Å². The number of halogens is 1. The molecular formula is C18H20FNO3. The molecule has 0 aromatic heterocycles. The quantitative estimate of drug-likeness (QED) is 0.853. The van der Waals surface area contributed by atoms with Crippen LogP contribution in [0.25, 0.3) is 0 Å². The summed E-state index contributed by atoms with van der Waals surface area (Å²) in [5.74, 6) is 0.126. The predicted octanol–water partition coefficient (Wildman–Crippen LogP) is 3.17. The van der Waals surface area contributed by atoms with Crippen molar-refractivity contribution in [3.05, 3.63) is 65.5 Å². The van der Waals surface area contributed by atoms with Crippen molar-refractivity contribution in [1.29, 1.82) is 0 Å². The van der Waals surface area contributed by atoms with E-state index in [0.29, 0.717) is 24.5 Å². The summed E-state index contributed by atoms with van der Waals surface area (Å²) in [5.41, 5.74) is 1.37. The monoisotopic (exact) mass is 317 g/mol. The summed E-state index contributed by atoms with van der Waals surface area (Å²) >= 11 is 0. The van der Waals surface area contributed by atoms with Gasteiger partial charge < -0.3 is 14.8 Å². The fourth-order valence-electron chi connectivity index (χ4n) is 2.07. The highest BCUT2D eigenvalue weighted by molar-refractivity contribution is 5.94. The number of carbonyl (C=O) groups excluding carboxylic acids is 1. The first-order chi connectivity index (χ1) is 11.1. The van der Waals surface area contributed by atoms with Crippen molar-refractivity contribution in [2.24, 2.45) is 0 Å². The normalized spacial score (nSPS) is 11.8. The Balaban J connectivity index is 1.96. The van der Waals surface area contributed by atoms with E-state index >= 15 is 0 Å². The van der Waals surface area contributed by atoms with Crippen LogP contribution in [-0.2, 0) is 11.3 Å². The van der Waals surface area contributed by atoms with Crippen LogP contribution in [0, 0.1) is 5.82 Å². The third-order valence-electron chi connectivity index (χ3n) is 3.21. The van der Waals surface area contributed by atoms with Gasteiger partial charge in [-0.05, 0) is 42.8 Å². The van der Waals surface area contributed by atoms with Gasteiger partial charge in [0.15, 0.2) is 0 Å². The predicted molar refractivity (Wildman–Crippen MR) is 86.0 cm³/mol. The molecule has 1 N–H and O–H groups in total. The number of hydrogen-bond acceptors (Lipinski definition) is 3. The number of carbonyl (C=O) groups is 1. The molecule has 1 atom stereocenters. The Bertz CT molecular complexity index is 643. The first-order valence-corrected chi connectivity index (χ1v) is 7.35. The molecule has 0 aliphatic rings. The first-order valence-electron chi connectivity index (χ1n) is 7.35. The summed E-state index contributed by atoms with van der Waals surface area (Å²) in [5, 5.41) is 2.84. The molecule has 4 nitrogen and oxygen atoms in total. The molecule has 0 bridgehead atoms. The summed E-state index contributed by atoms with van der Waals surface area (Å²) in [6.45, 7) is 2.63. The van der Waals surface area contributed by atoms with E-state index in [4.69, 9.17) is 9.47 Å². The highest BCUT2D eigenvalue weighted by Crippen LogP contribution is 2.15. The second-order valence-electron chi connectivity index (χ2n) is 5.27. The molecule has 0 saturated carbocycles. The fraction of sp³-hybridized carbons (Fsp3) is 0.278. The van der Waals surface area contributed by atoms with Crippen LogP contribution in [0.1, 0.15) is 22.8 Å². The molecule has 5 heteroatoms. The molecule has 122 valence electrons. The third-order valence-corrected chi connectivity index (χ3v) is 3.21. The topological polar surface area (TPSA) is 47.6 Å². The van der Waals surface area contributed by atoms with E-state index in [9.17, 15) is 9.18 Å². The van der Waals surface area contributed by atoms with Gasteiger partial charge in [0.25, 0.3) is 5.91 Å². The van der Waals surface area contributed by atoms with Crippen LogP contribution in [0.2, 0.25) is 0 Å². The molecule has 0 radical (unpaired) electrons. The lowest BCUT2D eigenvalue weighted by Crippen LogP contribution is -2.35. The summed E-state index contributed by atoms with van der Waals surface area (Å²) in [6, 6.07) is 13.0. The molecule has 0 spiro atoms. The maximum absolute atomic E-state index is 12.9. The lowest BCUT2D eigenvalue weighted by Gasteiger charge is -2.13. The van der Waals surface area contributed by atoms with E-state index < -0.39 is 0 Å². The van der Waals surface area contributed by atoms with Gasteiger partial charge in [0.2, 0.25) is 0 Å². The van der Waals surface area contributed by atoms with Gasteiger partial charge in [-0.15, -0.1) is 0 Å². The number of amides is 1. The van der Waals surface area contributed by atoms with E-state index in [1.807, 2.05) is 6.92 Å². The molecule has 0 heterocycles. The average molecular weight is 317 g/mol. The zero-order chi connectivity index (χ0) is 16.7. The first kappa shape index (κ1) is 17.0. The highest BCUT2D eigenvalue weighted by atomic mass is 19.1. The molecule has 0 aliphatic carbocycles. The second kappa shape index (κ2) is 8.29. The zero-order valence-corrected chi connectivity index (χ0v) is 13.2. The molecule has 0 aliphatic heterocycles. The number of benzene rings is 2. The Labute approximate surface area is 135 Å². The lowest BCUT2D eigenvalue weighted by molar-refractivity contribution is 0.0905. The second-order valence-corrected chi connectivity index (χ2v) is 5.27. The summed E-state index contributed by atoms with van der Waals surface area (Å²) in [4.78, 5) is 12.1. The van der Waals surface area contributed by atoms with E-state index in [1.54, 1.807) is 43.5 Å². The van der Waals surface area contributed by atoms with E-state index in [-0.39, 0.29) is 17.8 Å². The van der Waals surface area contributed by atoms with Crippen molar-refractivity contribution in [3.63, 3.8) is 0 Å². The van der Waals surface area contributed by atoms with Gasteiger partial charge in [-0.1, -0.05) is 18.2 Å². The van der Waals surface area contributed by atoms with E-state index in [1.165, 1.54) is 12.1 Å². The summed E-state index contributed by atoms with van der Waals surface area (Å²) in [6.07, 6.45) is 0. The standard InChI is InChI=1S/C18H20FNO3/c1-13(11-22-2)20-18(21)15-4-3-5-17(10-15)23-12-14-6-8-16(19)9-7-14/h3-10,13H,11-12H2,1-2H3,(H,20,21). The minimum atomic E-state index is -0.280. The number of hydrogen-bond donors (Lipinski definition) is 1. The minimum Gasteiger partial charge on any atom is -0.489 e. The number of nitrogens with one attached hydrogen (secondary N) is 1. The van der Waals surface area contributed by atoms with Crippen LogP contribution >= 0.6 is 0 Å². The lowest BCUT2D eigenvalue weighted by atomic mass is 10.2. The van der Waals surface area contributed by atoms with E-state index in [0.717, 1.165) is 5.56 Å². The number of rotatable bonds is 7. The number of ether oxygens (including phenoxy) is 2. The molecule has 2 aromatic rings. The molecule has 23 heavy (non-hydrogen) atoms. The molecule has 1 unspecified atom stereocenters. The van der Waals surface area contributed by atoms with Crippen molar-refractivity contribution in [3.8, 4) is 5.75 Å². The smallest absolute Gasteiger partial charge is 0.251 e. The van der Waals surface area contributed by atoms with Crippen molar-refractivity contribution in [2.45, 2.75) is 19.6 Å². The minimum absolute atomic E-state index is 0.0729. The molecular weight excluding hydrogens is 297 g/mol. The Hall–Kier alpha value is -2.40. The molecule has 2 rings (SSSR count). The largest absolute Gasteiger partial charge is 0.489 e. The van der Waals surface area contributed by atoms with Gasteiger partial charge in [-0.3, -0.25) is 4.79 Å². The van der Waals surface area contributed by atoms with Crippen molar-refractivity contribution in [2.75, 3.05) is 13.7 Å². The Morgan fingerprint density at radius 1 is 1.22 bits per heavy atom. The SMILES string of the molecule is COCC(C)NC(=O)c1cccc(OCc2ccc(F)cc2)c1. The van der Waals surface area contributed by atoms with Crippen LogP contribution < -0.4 is 10.1 Å². The fourth-order valence-corrected chi connectivity index (χ4v) is 2.07. The van der Waals surface area contributed by atoms with Crippen LogP contribution in [-0.4, -0.2) is 25.7 Å². The maximum atomic E-state index is 12.9. The Morgan fingerprint density at radius 3 is 2.65 bits per heavy atom. The van der Waals surface area contributed by atoms with E-state index in [2.05, 4.69) is 5.32 Å². The Kier molecular flexibility index (Phi) is 6.11. The molecule has 1 amide bonds. The van der Waals surface area contributed by atoms with Gasteiger partial charge in [-0.2, -0.15) is 0 Å². The van der Waals surface area contributed by atoms with Gasteiger partial charge >= 0.3 is 0 Å². The summed E-state index contributed by atoms with van der Waals surface area (Å²) in [7, 11) is 1.59. The van der Waals surface area contributed by atoms with Crippen LogP contribution in [0.4, 0.5) is 4.39 Å². The van der Waals surface area contributed by atoms with Gasteiger partial charge in [-0.25, -0.2) is 4.39 Å². The third kappa shape index (κ3) is 5.38. The van der Waals surface area contributed by atoms with Crippen molar-refractivity contribution in [1.82, 2.24) is 5.32 Å². The molecule has 0 saturated heterocycles. The van der Waals surface area contributed by atoms with Gasteiger partial charge in [0.1, 0.15) is 18.2 Å². The van der Waals surface area contributed by atoms with Crippen LogP contribution in [0.3, 0.4) is 0 Å². The summed E-state index contributed by atoms with van der Waals surface area (Å²) < 4.78 is 23.5. The maximum Gasteiger partial charge on any atom is 0.251 e. The van der Waals surface area contributed by atoms with Crippen LogP contribution in [0.15, 0.2) is 48.5 Å². The van der Waals surface area contributed by atoms with Gasteiger partial charge in [0, 0.05) is 18.7 Å².